The molecule has 2 heterocycles. The number of ether oxygens (including phenoxy) is 2. The molecule has 5 rings (SSSR count). The highest BCUT2D eigenvalue weighted by molar-refractivity contribution is 5.96. The van der Waals surface area contributed by atoms with Gasteiger partial charge in [0.05, 0.1) is 12.1 Å². The fourth-order valence-corrected chi connectivity index (χ4v) is 4.60. The van der Waals surface area contributed by atoms with E-state index in [2.05, 4.69) is 0 Å². The van der Waals surface area contributed by atoms with Gasteiger partial charge in [0.25, 0.3) is 0 Å². The van der Waals surface area contributed by atoms with Crippen LogP contribution >= 0.6 is 0 Å². The first-order chi connectivity index (χ1) is 17.6. The Labute approximate surface area is 209 Å². The number of benzene rings is 3. The summed E-state index contributed by atoms with van der Waals surface area (Å²) in [5.74, 6) is -0.818. The van der Waals surface area contributed by atoms with Crippen molar-refractivity contribution in [3.8, 4) is 0 Å². The molecule has 0 spiro atoms. The number of amides is 2. The van der Waals surface area contributed by atoms with Gasteiger partial charge in [-0.3, -0.25) is 14.5 Å². The van der Waals surface area contributed by atoms with Crippen LogP contribution in [0.3, 0.4) is 0 Å². The Morgan fingerprint density at radius 1 is 0.917 bits per heavy atom. The second kappa shape index (κ2) is 10.5. The van der Waals surface area contributed by atoms with Crippen LogP contribution < -0.4 is 0 Å². The summed E-state index contributed by atoms with van der Waals surface area (Å²) in [7, 11) is 0. The Hall–Kier alpha value is -4.39. The molecule has 2 unspecified atom stereocenters. The molecule has 0 aromatic heterocycles. The average Bonchev–Trinajstić information content (AvgIpc) is 3.30. The Morgan fingerprint density at radius 3 is 2.25 bits per heavy atom. The number of nitrogens with zero attached hydrogens (tertiary/aromatic N) is 2. The van der Waals surface area contributed by atoms with Gasteiger partial charge in [-0.2, -0.15) is 0 Å². The van der Waals surface area contributed by atoms with Gasteiger partial charge in [0.2, 0.25) is 5.91 Å². The van der Waals surface area contributed by atoms with Gasteiger partial charge >= 0.3 is 12.1 Å². The minimum atomic E-state index is -0.771. The smallest absolute Gasteiger partial charge is 0.411 e. The Morgan fingerprint density at radius 2 is 1.56 bits per heavy atom. The molecular formula is C29H26N2O5. The third kappa shape index (κ3) is 4.86. The average molecular weight is 483 g/mol. The molecule has 7 heteroatoms. The van der Waals surface area contributed by atoms with Gasteiger partial charge in [0.1, 0.15) is 25.8 Å². The molecule has 2 aliphatic rings. The predicted molar refractivity (Wildman–Crippen MR) is 133 cm³/mol. The van der Waals surface area contributed by atoms with Gasteiger partial charge < -0.3 is 14.4 Å². The minimum Gasteiger partial charge on any atom is -0.459 e. The summed E-state index contributed by atoms with van der Waals surface area (Å²) in [4.78, 5) is 41.7. The van der Waals surface area contributed by atoms with Crippen molar-refractivity contribution >= 4 is 24.0 Å². The molecule has 7 nitrogen and oxygen atoms in total. The third-order valence-corrected chi connectivity index (χ3v) is 6.44. The van der Waals surface area contributed by atoms with E-state index in [0.29, 0.717) is 0 Å². The Bertz CT molecular complexity index is 1250. The summed E-state index contributed by atoms with van der Waals surface area (Å²) in [6.07, 6.45) is 3.22. The molecule has 182 valence electrons. The summed E-state index contributed by atoms with van der Waals surface area (Å²) in [5.41, 5.74) is 2.71. The fourth-order valence-electron chi connectivity index (χ4n) is 4.60. The van der Waals surface area contributed by atoms with Gasteiger partial charge in [0, 0.05) is 0 Å². The fraction of sp³-hybridized carbons (Fsp3) is 0.207. The summed E-state index contributed by atoms with van der Waals surface area (Å²) in [6, 6.07) is 26.9. The maximum atomic E-state index is 13.3. The summed E-state index contributed by atoms with van der Waals surface area (Å²) in [6.45, 7) is 0.0932. The monoisotopic (exact) mass is 482 g/mol. The van der Waals surface area contributed by atoms with Crippen LogP contribution in [0.25, 0.3) is 6.08 Å². The van der Waals surface area contributed by atoms with Crippen LogP contribution in [0, 0.1) is 0 Å². The van der Waals surface area contributed by atoms with Gasteiger partial charge in [-0.15, -0.1) is 0 Å². The number of β-lactam (4-membered cyclic amide) rings is 1. The lowest BCUT2D eigenvalue weighted by Crippen LogP contribution is -2.71. The molecule has 2 aliphatic heterocycles. The molecular weight excluding hydrogens is 456 g/mol. The van der Waals surface area contributed by atoms with E-state index in [0.717, 1.165) is 16.7 Å². The third-order valence-electron chi connectivity index (χ3n) is 6.44. The number of hydrogen-bond acceptors (Lipinski definition) is 5. The van der Waals surface area contributed by atoms with Crippen molar-refractivity contribution in [2.24, 2.45) is 0 Å². The molecule has 0 radical (unpaired) electrons. The first kappa shape index (κ1) is 23.4. The van der Waals surface area contributed by atoms with E-state index in [1.165, 1.54) is 9.80 Å². The standard InChI is InChI=1S/C29H26N2O5/c32-26(35-19-22-12-6-2-7-13-22)18-30-24(17-16-21-10-4-1-5-11-21)27(28(30)33)31-25(20-36-29(31)34)23-14-8-3-9-15-23/h1-17,24-25,27H,18-20H2/t24?,25-,27?/m1/s1. The van der Waals surface area contributed by atoms with Crippen LogP contribution in [0.2, 0.25) is 0 Å². The van der Waals surface area contributed by atoms with Crippen LogP contribution in [0.15, 0.2) is 97.1 Å². The van der Waals surface area contributed by atoms with Crippen LogP contribution in [0.1, 0.15) is 22.7 Å². The van der Waals surface area contributed by atoms with E-state index in [1.54, 1.807) is 0 Å². The quantitative estimate of drug-likeness (QED) is 0.355. The molecule has 0 saturated carbocycles. The first-order valence-corrected chi connectivity index (χ1v) is 11.8. The zero-order valence-corrected chi connectivity index (χ0v) is 19.6. The number of cyclic esters (lactones) is 1. The molecule has 2 amide bonds. The van der Waals surface area contributed by atoms with E-state index in [4.69, 9.17) is 9.47 Å². The zero-order chi connectivity index (χ0) is 24.9. The topological polar surface area (TPSA) is 76.2 Å². The summed E-state index contributed by atoms with van der Waals surface area (Å²) >= 11 is 0. The van der Waals surface area contributed by atoms with Crippen molar-refractivity contribution in [3.05, 3.63) is 114 Å². The maximum Gasteiger partial charge on any atom is 0.411 e. The second-order valence-electron chi connectivity index (χ2n) is 8.73. The minimum absolute atomic E-state index is 0.129. The maximum absolute atomic E-state index is 13.3. The molecule has 0 N–H and O–H groups in total. The molecule has 3 atom stereocenters. The Balaban J connectivity index is 1.36. The van der Waals surface area contributed by atoms with E-state index in [9.17, 15) is 14.4 Å². The highest BCUT2D eigenvalue weighted by atomic mass is 16.6. The molecule has 2 saturated heterocycles. The van der Waals surface area contributed by atoms with Crippen molar-refractivity contribution < 1.29 is 23.9 Å². The number of carbonyl (C=O) groups excluding carboxylic acids is 3. The number of likely N-dealkylation sites (tertiary alicyclic amines) is 1. The largest absolute Gasteiger partial charge is 0.459 e. The predicted octanol–water partition coefficient (Wildman–Crippen LogP) is 4.22. The van der Waals surface area contributed by atoms with Gasteiger partial charge in [0.15, 0.2) is 0 Å². The number of carbonyl (C=O) groups is 3. The van der Waals surface area contributed by atoms with E-state index >= 15 is 0 Å². The van der Waals surface area contributed by atoms with Crippen molar-refractivity contribution in [1.82, 2.24) is 9.80 Å². The lowest BCUT2D eigenvalue weighted by molar-refractivity contribution is -0.163. The molecule has 36 heavy (non-hydrogen) atoms. The highest BCUT2D eigenvalue weighted by Gasteiger charge is 2.55. The second-order valence-corrected chi connectivity index (χ2v) is 8.73. The van der Waals surface area contributed by atoms with Crippen molar-refractivity contribution in [1.29, 1.82) is 0 Å². The summed E-state index contributed by atoms with van der Waals surface area (Å²) < 4.78 is 10.8. The molecule has 3 aromatic carbocycles. The molecule has 0 bridgehead atoms. The van der Waals surface area contributed by atoms with Crippen molar-refractivity contribution in [3.63, 3.8) is 0 Å². The molecule has 3 aromatic rings. The SMILES string of the molecule is O=C(CN1C(=O)C(N2C(=O)OC[C@@H]2c2ccccc2)C1C=Cc1ccccc1)OCc1ccccc1. The van der Waals surface area contributed by atoms with Crippen molar-refractivity contribution in [2.75, 3.05) is 13.2 Å². The highest BCUT2D eigenvalue weighted by Crippen LogP contribution is 2.37. The van der Waals surface area contributed by atoms with Crippen LogP contribution in [-0.4, -0.2) is 53.0 Å². The van der Waals surface area contributed by atoms with E-state index in [1.807, 2.05) is 103 Å². The Kier molecular flexibility index (Phi) is 6.80. The summed E-state index contributed by atoms with van der Waals surface area (Å²) in [5, 5.41) is 0. The van der Waals surface area contributed by atoms with Crippen LogP contribution in [-0.2, 0) is 25.7 Å². The normalized spacial score (nSPS) is 21.4. The van der Waals surface area contributed by atoms with Crippen LogP contribution in [0.5, 0.6) is 0 Å². The number of hydrogen-bond donors (Lipinski definition) is 0. The van der Waals surface area contributed by atoms with Crippen molar-refractivity contribution in [2.45, 2.75) is 24.7 Å². The van der Waals surface area contributed by atoms with Gasteiger partial charge in [-0.05, 0) is 16.7 Å². The number of esters is 1. The first-order valence-electron chi connectivity index (χ1n) is 11.8. The van der Waals surface area contributed by atoms with E-state index in [-0.39, 0.29) is 31.7 Å². The van der Waals surface area contributed by atoms with E-state index < -0.39 is 24.1 Å². The van der Waals surface area contributed by atoms with Gasteiger partial charge in [-0.25, -0.2) is 4.79 Å². The number of rotatable bonds is 8. The lowest BCUT2D eigenvalue weighted by atomic mass is 9.90. The van der Waals surface area contributed by atoms with Crippen LogP contribution in [0.4, 0.5) is 4.79 Å². The lowest BCUT2D eigenvalue weighted by Gasteiger charge is -2.49. The zero-order valence-electron chi connectivity index (χ0n) is 19.6. The van der Waals surface area contributed by atoms with Gasteiger partial charge in [-0.1, -0.05) is 103 Å². The molecule has 0 aliphatic carbocycles. The molecule has 2 fully saturated rings.